The van der Waals surface area contributed by atoms with Crippen LogP contribution in [0.15, 0.2) is 42.9 Å². The number of hydrogen-bond donors (Lipinski definition) is 0. The summed E-state index contributed by atoms with van der Waals surface area (Å²) in [5.74, 6) is -2.65. The second-order valence-corrected chi connectivity index (χ2v) is 5.86. The Bertz CT molecular complexity index is 878. The van der Waals surface area contributed by atoms with Crippen molar-refractivity contribution in [3.63, 3.8) is 0 Å². The molecule has 0 atom stereocenters. The van der Waals surface area contributed by atoms with Gasteiger partial charge in [0.05, 0.1) is 18.9 Å². The number of benzene rings is 1. The molecule has 26 heavy (non-hydrogen) atoms. The summed E-state index contributed by atoms with van der Waals surface area (Å²) >= 11 is 0. The molecule has 136 valence electrons. The van der Waals surface area contributed by atoms with E-state index in [0.717, 1.165) is 30.2 Å². The van der Waals surface area contributed by atoms with Crippen molar-refractivity contribution in [2.24, 2.45) is 0 Å². The Morgan fingerprint density at radius 2 is 1.73 bits per heavy atom. The number of nitrogens with zero attached hydrogens (tertiary/aromatic N) is 3. The third kappa shape index (κ3) is 4.11. The Morgan fingerprint density at radius 3 is 2.46 bits per heavy atom. The highest BCUT2D eigenvalue weighted by Gasteiger charge is 2.11. The predicted octanol–water partition coefficient (Wildman–Crippen LogP) is 4.35. The van der Waals surface area contributed by atoms with Crippen molar-refractivity contribution in [3.05, 3.63) is 77.1 Å². The zero-order valence-corrected chi connectivity index (χ0v) is 14.3. The van der Waals surface area contributed by atoms with E-state index in [1.54, 1.807) is 23.2 Å². The highest BCUT2D eigenvalue weighted by Crippen LogP contribution is 2.16. The van der Waals surface area contributed by atoms with E-state index >= 15 is 0 Å². The minimum Gasteiger partial charge on any atom is -0.370 e. The van der Waals surface area contributed by atoms with Crippen molar-refractivity contribution >= 4 is 0 Å². The van der Waals surface area contributed by atoms with Gasteiger partial charge in [-0.15, -0.1) is 0 Å². The van der Waals surface area contributed by atoms with Crippen LogP contribution >= 0.6 is 0 Å². The lowest BCUT2D eigenvalue weighted by Crippen LogP contribution is -2.06. The van der Waals surface area contributed by atoms with Gasteiger partial charge in [0.2, 0.25) is 5.95 Å². The van der Waals surface area contributed by atoms with Gasteiger partial charge in [-0.25, -0.2) is 23.1 Å². The lowest BCUT2D eigenvalue weighted by atomic mass is 10.2. The van der Waals surface area contributed by atoms with Crippen LogP contribution in [0.1, 0.15) is 30.2 Å². The van der Waals surface area contributed by atoms with Crippen molar-refractivity contribution in [1.29, 1.82) is 0 Å². The Morgan fingerprint density at radius 1 is 1.00 bits per heavy atom. The molecule has 4 nitrogen and oxygen atoms in total. The first-order chi connectivity index (χ1) is 12.6. The molecular formula is C19H18F3N3O. The number of rotatable bonds is 7. The zero-order valence-electron chi connectivity index (χ0n) is 14.3. The molecule has 2 aromatic heterocycles. The Labute approximate surface area is 149 Å². The summed E-state index contributed by atoms with van der Waals surface area (Å²) in [4.78, 5) is 8.69. The molecular weight excluding hydrogens is 343 g/mol. The molecule has 3 rings (SSSR count). The molecule has 0 amide bonds. The Kier molecular flexibility index (Phi) is 5.68. The van der Waals surface area contributed by atoms with E-state index in [1.807, 2.05) is 12.1 Å². The molecule has 0 aliphatic heterocycles. The van der Waals surface area contributed by atoms with Crippen molar-refractivity contribution in [2.45, 2.75) is 33.0 Å². The molecule has 1 aromatic carbocycles. The third-order valence-corrected chi connectivity index (χ3v) is 3.88. The molecule has 0 N–H and O–H groups in total. The monoisotopic (exact) mass is 361 g/mol. The van der Waals surface area contributed by atoms with Crippen LogP contribution in [0.4, 0.5) is 13.2 Å². The zero-order chi connectivity index (χ0) is 18.5. The number of hydrogen-bond acceptors (Lipinski definition) is 3. The van der Waals surface area contributed by atoms with E-state index < -0.39 is 17.5 Å². The fourth-order valence-corrected chi connectivity index (χ4v) is 2.56. The van der Waals surface area contributed by atoms with E-state index in [-0.39, 0.29) is 18.8 Å². The molecule has 0 aliphatic rings. The van der Waals surface area contributed by atoms with Gasteiger partial charge in [-0.1, -0.05) is 13.3 Å². The summed E-state index contributed by atoms with van der Waals surface area (Å²) in [6.45, 7) is 2.06. The topological polar surface area (TPSA) is 39.9 Å². The predicted molar refractivity (Wildman–Crippen MR) is 90.2 cm³/mol. The van der Waals surface area contributed by atoms with Crippen LogP contribution in [0, 0.1) is 17.5 Å². The van der Waals surface area contributed by atoms with E-state index in [2.05, 4.69) is 16.9 Å². The first kappa shape index (κ1) is 18.1. The van der Waals surface area contributed by atoms with Crippen LogP contribution in [-0.2, 0) is 24.4 Å². The van der Waals surface area contributed by atoms with Crippen molar-refractivity contribution in [1.82, 2.24) is 14.5 Å². The lowest BCUT2D eigenvalue weighted by Gasteiger charge is -2.10. The van der Waals surface area contributed by atoms with Crippen LogP contribution in [0.5, 0.6) is 0 Å². The Balaban J connectivity index is 1.67. The maximum absolute atomic E-state index is 13.6. The second kappa shape index (κ2) is 8.14. The van der Waals surface area contributed by atoms with Gasteiger partial charge in [-0.2, -0.15) is 0 Å². The normalized spacial score (nSPS) is 11.1. The molecule has 0 saturated heterocycles. The highest BCUT2D eigenvalue weighted by atomic mass is 19.2. The summed E-state index contributed by atoms with van der Waals surface area (Å²) in [7, 11) is 0. The van der Waals surface area contributed by atoms with Gasteiger partial charge in [0, 0.05) is 30.2 Å². The molecule has 0 radical (unpaired) electrons. The van der Waals surface area contributed by atoms with Gasteiger partial charge >= 0.3 is 0 Å². The SMILES string of the molecule is CCCc1cnc(-n2cccc2COCc2cc(F)c(F)cc2F)nc1. The standard InChI is InChI=1S/C19H18F3N3O/c1-2-4-13-9-23-19(24-10-13)25-6-3-5-15(25)12-26-11-14-7-17(21)18(22)8-16(14)20/h3,5-10H,2,4,11-12H2,1H3. The fraction of sp³-hybridized carbons (Fsp3) is 0.263. The van der Waals surface area contributed by atoms with Gasteiger partial charge in [-0.3, -0.25) is 4.57 Å². The maximum Gasteiger partial charge on any atom is 0.233 e. The minimum atomic E-state index is -1.22. The first-order valence-electron chi connectivity index (χ1n) is 8.27. The first-order valence-corrected chi connectivity index (χ1v) is 8.27. The molecule has 2 heterocycles. The summed E-state index contributed by atoms with van der Waals surface area (Å²) < 4.78 is 47.0. The molecule has 0 bridgehead atoms. The van der Waals surface area contributed by atoms with E-state index in [0.29, 0.717) is 12.0 Å². The highest BCUT2D eigenvalue weighted by molar-refractivity contribution is 5.22. The minimum absolute atomic E-state index is 0.0397. The number of halogens is 3. The second-order valence-electron chi connectivity index (χ2n) is 5.86. The Hall–Kier alpha value is -2.67. The van der Waals surface area contributed by atoms with Crippen molar-refractivity contribution in [3.8, 4) is 5.95 Å². The van der Waals surface area contributed by atoms with Gasteiger partial charge in [0.15, 0.2) is 11.6 Å². The quantitative estimate of drug-likeness (QED) is 0.587. The largest absolute Gasteiger partial charge is 0.370 e. The molecule has 0 aliphatic carbocycles. The van der Waals surface area contributed by atoms with E-state index in [1.165, 1.54) is 0 Å². The number of aromatic nitrogens is 3. The molecule has 0 fully saturated rings. The van der Waals surface area contributed by atoms with Crippen molar-refractivity contribution in [2.75, 3.05) is 0 Å². The van der Waals surface area contributed by atoms with E-state index in [9.17, 15) is 13.2 Å². The van der Waals surface area contributed by atoms with E-state index in [4.69, 9.17) is 4.74 Å². The van der Waals surface area contributed by atoms with Crippen LogP contribution < -0.4 is 0 Å². The average Bonchev–Trinajstić information content (AvgIpc) is 3.09. The van der Waals surface area contributed by atoms with Crippen LogP contribution in [0.2, 0.25) is 0 Å². The third-order valence-electron chi connectivity index (χ3n) is 3.88. The molecule has 0 unspecified atom stereocenters. The fourth-order valence-electron chi connectivity index (χ4n) is 2.56. The number of ether oxygens (including phenoxy) is 1. The van der Waals surface area contributed by atoms with Gasteiger partial charge < -0.3 is 4.74 Å². The average molecular weight is 361 g/mol. The molecule has 3 aromatic rings. The molecule has 0 spiro atoms. The summed E-state index contributed by atoms with van der Waals surface area (Å²) in [5.41, 5.74) is 1.79. The lowest BCUT2D eigenvalue weighted by molar-refractivity contribution is 0.101. The molecule has 0 saturated carbocycles. The summed E-state index contributed by atoms with van der Waals surface area (Å²) in [6, 6.07) is 4.97. The summed E-state index contributed by atoms with van der Waals surface area (Å²) in [6.07, 6.45) is 7.31. The van der Waals surface area contributed by atoms with Crippen LogP contribution in [0.3, 0.4) is 0 Å². The van der Waals surface area contributed by atoms with Gasteiger partial charge in [0.1, 0.15) is 5.82 Å². The van der Waals surface area contributed by atoms with Gasteiger partial charge in [0.25, 0.3) is 0 Å². The van der Waals surface area contributed by atoms with Crippen LogP contribution in [0.25, 0.3) is 5.95 Å². The van der Waals surface area contributed by atoms with Gasteiger partial charge in [-0.05, 0) is 30.2 Å². The van der Waals surface area contributed by atoms with Crippen LogP contribution in [-0.4, -0.2) is 14.5 Å². The van der Waals surface area contributed by atoms with Crippen molar-refractivity contribution < 1.29 is 17.9 Å². The molecule has 7 heteroatoms. The number of aryl methyl sites for hydroxylation is 1. The summed E-state index contributed by atoms with van der Waals surface area (Å²) in [5, 5.41) is 0. The smallest absolute Gasteiger partial charge is 0.233 e. The maximum atomic E-state index is 13.6.